The summed E-state index contributed by atoms with van der Waals surface area (Å²) in [4.78, 5) is 17.1. The first-order chi connectivity index (χ1) is 9.60. The van der Waals surface area contributed by atoms with Crippen LogP contribution in [0, 0.1) is 5.92 Å². The molecule has 104 valence electrons. The Morgan fingerprint density at radius 1 is 1.25 bits per heavy atom. The lowest BCUT2D eigenvalue weighted by molar-refractivity contribution is 0.00440. The summed E-state index contributed by atoms with van der Waals surface area (Å²) in [5, 5.41) is 11.6. The highest BCUT2D eigenvalue weighted by molar-refractivity contribution is 6.10. The molecule has 0 bridgehead atoms. The van der Waals surface area contributed by atoms with Gasteiger partial charge in [0.15, 0.2) is 5.78 Å². The van der Waals surface area contributed by atoms with Crippen LogP contribution in [0.25, 0.3) is 10.9 Å². The molecule has 20 heavy (non-hydrogen) atoms. The van der Waals surface area contributed by atoms with E-state index in [1.54, 1.807) is 12.3 Å². The Kier molecular flexibility index (Phi) is 3.30. The van der Waals surface area contributed by atoms with Gasteiger partial charge < -0.3 is 5.11 Å². The van der Waals surface area contributed by atoms with Gasteiger partial charge in [0, 0.05) is 17.1 Å². The van der Waals surface area contributed by atoms with E-state index in [0.29, 0.717) is 29.8 Å². The van der Waals surface area contributed by atoms with Crippen molar-refractivity contribution in [1.29, 1.82) is 0 Å². The molecule has 1 fully saturated rings. The summed E-state index contributed by atoms with van der Waals surface area (Å²) in [6.07, 6.45) is 4.60. The molecule has 0 radical (unpaired) electrons. The molecule has 0 amide bonds. The fourth-order valence-corrected chi connectivity index (χ4v) is 3.00. The van der Waals surface area contributed by atoms with Crippen molar-refractivity contribution >= 4 is 16.7 Å². The van der Waals surface area contributed by atoms with Gasteiger partial charge >= 0.3 is 0 Å². The number of para-hydroxylation sites is 1. The first kappa shape index (κ1) is 13.3. The van der Waals surface area contributed by atoms with Crippen LogP contribution in [0.2, 0.25) is 0 Å². The van der Waals surface area contributed by atoms with Crippen LogP contribution in [-0.2, 0) is 0 Å². The van der Waals surface area contributed by atoms with Crippen LogP contribution in [0.5, 0.6) is 0 Å². The number of hydrogen-bond donors (Lipinski definition) is 1. The predicted molar refractivity (Wildman–Crippen MR) is 78.7 cm³/mol. The molecule has 0 saturated heterocycles. The molecule has 1 saturated carbocycles. The van der Waals surface area contributed by atoms with Crippen molar-refractivity contribution in [3.05, 3.63) is 42.1 Å². The van der Waals surface area contributed by atoms with Crippen LogP contribution in [0.4, 0.5) is 0 Å². The minimum absolute atomic E-state index is 0.172. The Hall–Kier alpha value is -1.74. The number of aromatic nitrogens is 1. The molecule has 1 aliphatic rings. The lowest BCUT2D eigenvalue weighted by Crippen LogP contribution is -2.42. The fourth-order valence-electron chi connectivity index (χ4n) is 3.00. The predicted octanol–water partition coefficient (Wildman–Crippen LogP) is 3.36. The van der Waals surface area contributed by atoms with Crippen molar-refractivity contribution in [2.45, 2.75) is 38.2 Å². The number of Topliss-reactive ketones (excluding diaryl/α,β-unsaturated/α-hetero) is 1. The molecule has 0 atom stereocenters. The van der Waals surface area contributed by atoms with Gasteiger partial charge in [0.1, 0.15) is 5.60 Å². The largest absolute Gasteiger partial charge is 0.382 e. The topological polar surface area (TPSA) is 50.2 Å². The molecule has 3 heteroatoms. The Balaban J connectivity index is 2.01. The first-order valence-corrected chi connectivity index (χ1v) is 7.21. The molecule has 1 heterocycles. The standard InChI is InChI=1S/C17H19NO2/c1-12-7-9-17(20,10-8-12)16(19)14-6-2-4-13-5-3-11-18-15(13)14/h2-6,11-12,20H,7-10H2,1H3. The van der Waals surface area contributed by atoms with E-state index < -0.39 is 5.60 Å². The zero-order valence-electron chi connectivity index (χ0n) is 11.7. The smallest absolute Gasteiger partial charge is 0.196 e. The lowest BCUT2D eigenvalue weighted by Gasteiger charge is -2.33. The van der Waals surface area contributed by atoms with Crippen LogP contribution in [0.15, 0.2) is 36.5 Å². The number of carbonyl (C=O) groups is 1. The number of ketones is 1. The first-order valence-electron chi connectivity index (χ1n) is 7.21. The third kappa shape index (κ3) is 2.22. The van der Waals surface area contributed by atoms with Gasteiger partial charge in [0.25, 0.3) is 0 Å². The van der Waals surface area contributed by atoms with Crippen LogP contribution < -0.4 is 0 Å². The highest BCUT2D eigenvalue weighted by Gasteiger charge is 2.39. The second kappa shape index (κ2) is 4.98. The van der Waals surface area contributed by atoms with Gasteiger partial charge in [-0.05, 0) is 43.7 Å². The van der Waals surface area contributed by atoms with E-state index in [1.807, 2.05) is 24.3 Å². The summed E-state index contributed by atoms with van der Waals surface area (Å²) in [6.45, 7) is 2.17. The van der Waals surface area contributed by atoms with E-state index >= 15 is 0 Å². The molecule has 3 rings (SSSR count). The van der Waals surface area contributed by atoms with Crippen molar-refractivity contribution < 1.29 is 9.90 Å². The number of benzene rings is 1. The number of pyridine rings is 1. The summed E-state index contributed by atoms with van der Waals surface area (Å²) >= 11 is 0. The monoisotopic (exact) mass is 269 g/mol. The van der Waals surface area contributed by atoms with Gasteiger partial charge in [-0.25, -0.2) is 0 Å². The summed E-state index contributed by atoms with van der Waals surface area (Å²) in [6, 6.07) is 9.35. The molecule has 0 unspecified atom stereocenters. The molecule has 2 aromatic rings. The molecular formula is C17H19NO2. The fraction of sp³-hybridized carbons (Fsp3) is 0.412. The van der Waals surface area contributed by atoms with E-state index in [9.17, 15) is 9.90 Å². The van der Waals surface area contributed by atoms with E-state index in [-0.39, 0.29) is 5.78 Å². The van der Waals surface area contributed by atoms with Gasteiger partial charge in [-0.15, -0.1) is 0 Å². The lowest BCUT2D eigenvalue weighted by atomic mass is 9.75. The molecule has 1 aliphatic carbocycles. The molecule has 0 spiro atoms. The SMILES string of the molecule is CC1CCC(O)(C(=O)c2cccc3cccnc23)CC1. The van der Waals surface area contributed by atoms with Crippen molar-refractivity contribution in [3.8, 4) is 0 Å². The minimum Gasteiger partial charge on any atom is -0.382 e. The summed E-state index contributed by atoms with van der Waals surface area (Å²) in [5.74, 6) is 0.419. The molecule has 3 nitrogen and oxygen atoms in total. The molecule has 1 N–H and O–H groups in total. The van der Waals surface area contributed by atoms with Gasteiger partial charge in [0.05, 0.1) is 5.52 Å². The second-order valence-electron chi connectivity index (χ2n) is 5.92. The van der Waals surface area contributed by atoms with Crippen molar-refractivity contribution in [1.82, 2.24) is 4.98 Å². The highest BCUT2D eigenvalue weighted by Crippen LogP contribution is 2.35. The van der Waals surface area contributed by atoms with Crippen molar-refractivity contribution in [2.75, 3.05) is 0 Å². The van der Waals surface area contributed by atoms with Crippen molar-refractivity contribution in [2.24, 2.45) is 5.92 Å². The van der Waals surface area contributed by atoms with E-state index in [0.717, 1.165) is 18.2 Å². The average molecular weight is 269 g/mol. The minimum atomic E-state index is -1.21. The molecule has 1 aromatic carbocycles. The average Bonchev–Trinajstić information content (AvgIpc) is 2.49. The number of fused-ring (bicyclic) bond motifs is 1. The maximum atomic E-state index is 12.8. The third-order valence-electron chi connectivity index (χ3n) is 4.40. The zero-order valence-corrected chi connectivity index (χ0v) is 11.7. The van der Waals surface area contributed by atoms with Gasteiger partial charge in [-0.2, -0.15) is 0 Å². The number of nitrogens with zero attached hydrogens (tertiary/aromatic N) is 1. The zero-order chi connectivity index (χ0) is 14.2. The Morgan fingerprint density at radius 2 is 1.95 bits per heavy atom. The van der Waals surface area contributed by atoms with E-state index in [1.165, 1.54) is 0 Å². The van der Waals surface area contributed by atoms with Gasteiger partial charge in [-0.3, -0.25) is 9.78 Å². The Morgan fingerprint density at radius 3 is 2.70 bits per heavy atom. The molecule has 0 aliphatic heterocycles. The Bertz CT molecular complexity index is 637. The van der Waals surface area contributed by atoms with Crippen LogP contribution >= 0.6 is 0 Å². The maximum Gasteiger partial charge on any atom is 0.196 e. The molecule has 1 aromatic heterocycles. The quantitative estimate of drug-likeness (QED) is 0.850. The van der Waals surface area contributed by atoms with Gasteiger partial charge in [-0.1, -0.05) is 25.1 Å². The summed E-state index contributed by atoms with van der Waals surface area (Å²) in [7, 11) is 0. The third-order valence-corrected chi connectivity index (χ3v) is 4.40. The van der Waals surface area contributed by atoms with Crippen LogP contribution in [0.1, 0.15) is 43.0 Å². The number of aliphatic hydroxyl groups is 1. The highest BCUT2D eigenvalue weighted by atomic mass is 16.3. The number of rotatable bonds is 2. The number of carbonyl (C=O) groups excluding carboxylic acids is 1. The summed E-state index contributed by atoms with van der Waals surface area (Å²) in [5.41, 5.74) is 0.0189. The number of hydrogen-bond acceptors (Lipinski definition) is 3. The Labute approximate surface area is 118 Å². The maximum absolute atomic E-state index is 12.8. The van der Waals surface area contributed by atoms with Crippen molar-refractivity contribution in [3.63, 3.8) is 0 Å². The normalized spacial score (nSPS) is 26.6. The van der Waals surface area contributed by atoms with Crippen LogP contribution in [0.3, 0.4) is 0 Å². The second-order valence-corrected chi connectivity index (χ2v) is 5.92. The van der Waals surface area contributed by atoms with Crippen LogP contribution in [-0.4, -0.2) is 21.5 Å². The summed E-state index contributed by atoms with van der Waals surface area (Å²) < 4.78 is 0. The van der Waals surface area contributed by atoms with E-state index in [2.05, 4.69) is 11.9 Å². The van der Waals surface area contributed by atoms with Gasteiger partial charge in [0.2, 0.25) is 0 Å². The molecular weight excluding hydrogens is 250 g/mol. The van der Waals surface area contributed by atoms with E-state index in [4.69, 9.17) is 0 Å².